The lowest BCUT2D eigenvalue weighted by molar-refractivity contribution is 0.0693. The summed E-state index contributed by atoms with van der Waals surface area (Å²) < 4.78 is 45.9. The van der Waals surface area contributed by atoms with E-state index in [1.807, 2.05) is 0 Å². The maximum atomic E-state index is 13.6. The third kappa shape index (κ3) is 2.85. The first-order chi connectivity index (χ1) is 10.9. The zero-order valence-corrected chi connectivity index (χ0v) is 12.6. The van der Waals surface area contributed by atoms with Gasteiger partial charge in [-0.3, -0.25) is 4.72 Å². The average Bonchev–Trinajstić information content (AvgIpc) is 2.93. The van der Waals surface area contributed by atoms with E-state index in [-0.39, 0.29) is 10.6 Å². The lowest BCUT2D eigenvalue weighted by Gasteiger charge is -2.11. The Balaban J connectivity index is 1.99. The van der Waals surface area contributed by atoms with Gasteiger partial charge in [0.25, 0.3) is 10.0 Å². The van der Waals surface area contributed by atoms with E-state index in [1.54, 1.807) is 6.07 Å². The number of halogens is 1. The predicted molar refractivity (Wildman–Crippen MR) is 79.8 cm³/mol. The van der Waals surface area contributed by atoms with Crippen molar-refractivity contribution in [2.75, 3.05) is 11.3 Å². The van der Waals surface area contributed by atoms with Gasteiger partial charge >= 0.3 is 5.97 Å². The number of carbonyl (C=O) groups is 1. The number of benzene rings is 2. The van der Waals surface area contributed by atoms with Crippen LogP contribution in [0.5, 0.6) is 5.75 Å². The summed E-state index contributed by atoms with van der Waals surface area (Å²) in [6.07, 6.45) is 0.596. The van der Waals surface area contributed by atoms with Gasteiger partial charge < -0.3 is 9.84 Å². The van der Waals surface area contributed by atoms with E-state index < -0.39 is 27.4 Å². The van der Waals surface area contributed by atoms with E-state index in [9.17, 15) is 17.6 Å². The smallest absolute Gasteiger partial charge is 0.340 e. The van der Waals surface area contributed by atoms with Crippen molar-refractivity contribution in [3.63, 3.8) is 0 Å². The second kappa shape index (κ2) is 5.54. The summed E-state index contributed by atoms with van der Waals surface area (Å²) in [5.74, 6) is -1.94. The molecule has 2 aromatic carbocycles. The Hall–Kier alpha value is -2.61. The monoisotopic (exact) mass is 337 g/mol. The largest absolute Gasteiger partial charge is 0.493 e. The molecule has 0 saturated carbocycles. The van der Waals surface area contributed by atoms with Gasteiger partial charge in [-0.25, -0.2) is 17.6 Å². The zero-order valence-electron chi connectivity index (χ0n) is 11.7. The zero-order chi connectivity index (χ0) is 16.6. The Morgan fingerprint density at radius 2 is 2.04 bits per heavy atom. The highest BCUT2D eigenvalue weighted by Crippen LogP contribution is 2.29. The van der Waals surface area contributed by atoms with Gasteiger partial charge in [0.1, 0.15) is 17.1 Å². The second-order valence-electron chi connectivity index (χ2n) is 4.94. The lowest BCUT2D eigenvalue weighted by atomic mass is 10.2. The Labute approximate surface area is 131 Å². The van der Waals surface area contributed by atoms with Gasteiger partial charge in [0, 0.05) is 6.42 Å². The van der Waals surface area contributed by atoms with Crippen LogP contribution in [0, 0.1) is 5.82 Å². The molecule has 8 heteroatoms. The van der Waals surface area contributed by atoms with Gasteiger partial charge in [-0.15, -0.1) is 0 Å². The molecule has 0 unspecified atom stereocenters. The molecule has 0 fully saturated rings. The van der Waals surface area contributed by atoms with Gasteiger partial charge in [0.05, 0.1) is 17.2 Å². The minimum atomic E-state index is -4.04. The molecule has 2 aromatic rings. The Kier molecular flexibility index (Phi) is 3.69. The summed E-state index contributed by atoms with van der Waals surface area (Å²) in [7, 11) is -4.04. The SMILES string of the molecule is O=C(O)c1c(F)cccc1NS(=O)(=O)c1ccc2c(c1)CCO2. The van der Waals surface area contributed by atoms with E-state index in [1.165, 1.54) is 24.3 Å². The summed E-state index contributed by atoms with van der Waals surface area (Å²) in [6.45, 7) is 0.485. The van der Waals surface area contributed by atoms with Crippen LogP contribution in [0.2, 0.25) is 0 Å². The van der Waals surface area contributed by atoms with E-state index >= 15 is 0 Å². The molecular weight excluding hydrogens is 325 g/mol. The third-order valence-electron chi connectivity index (χ3n) is 3.44. The van der Waals surface area contributed by atoms with Crippen LogP contribution in [0.25, 0.3) is 0 Å². The molecule has 1 aliphatic rings. The predicted octanol–water partition coefficient (Wildman–Crippen LogP) is 2.26. The molecule has 0 bridgehead atoms. The molecule has 2 N–H and O–H groups in total. The van der Waals surface area contributed by atoms with E-state index in [4.69, 9.17) is 9.84 Å². The summed E-state index contributed by atoms with van der Waals surface area (Å²) >= 11 is 0. The Morgan fingerprint density at radius 3 is 2.78 bits per heavy atom. The summed E-state index contributed by atoms with van der Waals surface area (Å²) in [6, 6.07) is 7.74. The molecule has 0 atom stereocenters. The number of aromatic carboxylic acids is 1. The fourth-order valence-corrected chi connectivity index (χ4v) is 3.48. The summed E-state index contributed by atoms with van der Waals surface area (Å²) in [5, 5.41) is 9.05. The van der Waals surface area contributed by atoms with Crippen molar-refractivity contribution < 1.29 is 27.4 Å². The van der Waals surface area contributed by atoms with Gasteiger partial charge in [-0.2, -0.15) is 0 Å². The molecule has 1 heterocycles. The first-order valence-electron chi connectivity index (χ1n) is 6.69. The van der Waals surface area contributed by atoms with Crippen LogP contribution in [0.4, 0.5) is 10.1 Å². The number of hydrogen-bond donors (Lipinski definition) is 2. The fraction of sp³-hybridized carbons (Fsp3) is 0.133. The van der Waals surface area contributed by atoms with Gasteiger partial charge in [0.2, 0.25) is 0 Å². The molecule has 1 aliphatic heterocycles. The molecule has 23 heavy (non-hydrogen) atoms. The quantitative estimate of drug-likeness (QED) is 0.893. The van der Waals surface area contributed by atoms with Gasteiger partial charge in [-0.1, -0.05) is 6.07 Å². The van der Waals surface area contributed by atoms with Crippen molar-refractivity contribution >= 4 is 21.7 Å². The number of anilines is 1. The topological polar surface area (TPSA) is 92.7 Å². The molecule has 0 spiro atoms. The maximum absolute atomic E-state index is 13.6. The first kappa shape index (κ1) is 15.3. The fourth-order valence-electron chi connectivity index (χ4n) is 2.36. The molecule has 0 aromatic heterocycles. The van der Waals surface area contributed by atoms with Crippen molar-refractivity contribution in [2.24, 2.45) is 0 Å². The van der Waals surface area contributed by atoms with Gasteiger partial charge in [0.15, 0.2) is 0 Å². The van der Waals surface area contributed by atoms with Crippen molar-refractivity contribution in [3.8, 4) is 5.75 Å². The molecule has 0 amide bonds. The number of sulfonamides is 1. The van der Waals surface area contributed by atoms with Crippen LogP contribution in [0.3, 0.4) is 0 Å². The van der Waals surface area contributed by atoms with Gasteiger partial charge in [-0.05, 0) is 35.9 Å². The minimum absolute atomic E-state index is 0.0395. The van der Waals surface area contributed by atoms with Crippen molar-refractivity contribution in [1.82, 2.24) is 0 Å². The molecule has 0 saturated heterocycles. The lowest BCUT2D eigenvalue weighted by Crippen LogP contribution is -2.16. The number of carboxylic acid groups (broad SMARTS) is 1. The number of hydrogen-bond acceptors (Lipinski definition) is 4. The maximum Gasteiger partial charge on any atom is 0.340 e. The highest BCUT2D eigenvalue weighted by atomic mass is 32.2. The third-order valence-corrected chi connectivity index (χ3v) is 4.81. The van der Waals surface area contributed by atoms with Crippen LogP contribution < -0.4 is 9.46 Å². The van der Waals surface area contributed by atoms with Crippen LogP contribution >= 0.6 is 0 Å². The molecule has 0 aliphatic carbocycles. The minimum Gasteiger partial charge on any atom is -0.493 e. The molecule has 120 valence electrons. The van der Waals surface area contributed by atoms with Crippen LogP contribution in [-0.4, -0.2) is 26.1 Å². The van der Waals surface area contributed by atoms with Crippen molar-refractivity contribution in [2.45, 2.75) is 11.3 Å². The second-order valence-corrected chi connectivity index (χ2v) is 6.62. The number of fused-ring (bicyclic) bond motifs is 1. The first-order valence-corrected chi connectivity index (χ1v) is 8.17. The van der Waals surface area contributed by atoms with Crippen LogP contribution in [-0.2, 0) is 16.4 Å². The standard InChI is InChI=1S/C15H12FNO5S/c16-11-2-1-3-12(14(11)15(18)19)17-23(20,21)10-4-5-13-9(8-10)6-7-22-13/h1-5,8,17H,6-7H2,(H,18,19). The summed E-state index contributed by atoms with van der Waals surface area (Å²) in [5.41, 5.74) is -0.291. The molecule has 0 radical (unpaired) electrons. The van der Waals surface area contributed by atoms with E-state index in [2.05, 4.69) is 4.72 Å². The van der Waals surface area contributed by atoms with E-state index in [0.29, 0.717) is 18.8 Å². The number of ether oxygens (including phenoxy) is 1. The highest BCUT2D eigenvalue weighted by Gasteiger charge is 2.23. The Morgan fingerprint density at radius 1 is 1.26 bits per heavy atom. The molecule has 3 rings (SSSR count). The number of carboxylic acids is 1. The Bertz CT molecular complexity index is 895. The summed E-state index contributed by atoms with van der Waals surface area (Å²) in [4.78, 5) is 11.1. The normalized spacial score (nSPS) is 13.3. The molecular formula is C15H12FNO5S. The number of nitrogens with one attached hydrogen (secondary N) is 1. The van der Waals surface area contributed by atoms with Crippen LogP contribution in [0.15, 0.2) is 41.3 Å². The number of rotatable bonds is 4. The van der Waals surface area contributed by atoms with E-state index in [0.717, 1.165) is 11.6 Å². The average molecular weight is 337 g/mol. The molecule has 6 nitrogen and oxygen atoms in total. The van der Waals surface area contributed by atoms with Crippen molar-refractivity contribution in [1.29, 1.82) is 0 Å². The highest BCUT2D eigenvalue weighted by molar-refractivity contribution is 7.92. The van der Waals surface area contributed by atoms with Crippen LogP contribution in [0.1, 0.15) is 15.9 Å². The van der Waals surface area contributed by atoms with Crippen molar-refractivity contribution in [3.05, 3.63) is 53.3 Å².